The van der Waals surface area contributed by atoms with Gasteiger partial charge in [-0.05, 0) is 57.9 Å². The molecule has 4 rings (SSSR count). The summed E-state index contributed by atoms with van der Waals surface area (Å²) in [4.78, 5) is 30.0. The second kappa shape index (κ2) is 10.2. The molecule has 0 atom stereocenters. The first kappa shape index (κ1) is 24.3. The molecular weight excluding hydrogens is 565 g/mol. The Hall–Kier alpha value is -2.78. The van der Waals surface area contributed by atoms with Gasteiger partial charge in [0.2, 0.25) is 0 Å². The van der Waals surface area contributed by atoms with Gasteiger partial charge in [-0.15, -0.1) is 0 Å². The van der Waals surface area contributed by atoms with Crippen LogP contribution in [0.5, 0.6) is 0 Å². The molecule has 11 heteroatoms. The molecule has 0 unspecified atom stereocenters. The molecule has 0 saturated heterocycles. The normalized spacial score (nSPS) is 10.9. The smallest absolute Gasteiger partial charge is 0.292 e. The van der Waals surface area contributed by atoms with E-state index in [4.69, 9.17) is 34.8 Å². The van der Waals surface area contributed by atoms with Crippen LogP contribution < -0.4 is 15.8 Å². The molecular formula is C23H17BrCl3N5O2. The molecule has 2 heterocycles. The third-order valence-corrected chi connectivity index (χ3v) is 6.30. The van der Waals surface area contributed by atoms with Crippen molar-refractivity contribution >= 4 is 68.0 Å². The number of aromatic amines is 1. The van der Waals surface area contributed by atoms with Gasteiger partial charge in [-0.3, -0.25) is 9.59 Å². The van der Waals surface area contributed by atoms with Gasteiger partial charge in [0.25, 0.3) is 11.5 Å². The van der Waals surface area contributed by atoms with Crippen molar-refractivity contribution < 1.29 is 4.79 Å². The Morgan fingerprint density at radius 1 is 1.18 bits per heavy atom. The summed E-state index contributed by atoms with van der Waals surface area (Å²) in [6, 6.07) is 13.8. The second-order valence-corrected chi connectivity index (χ2v) is 9.54. The molecule has 0 fully saturated rings. The number of amides is 1. The van der Waals surface area contributed by atoms with E-state index in [1.807, 2.05) is 18.2 Å². The number of anilines is 2. The summed E-state index contributed by atoms with van der Waals surface area (Å²) in [5.41, 5.74) is 2.30. The summed E-state index contributed by atoms with van der Waals surface area (Å²) in [5, 5.41) is 7.83. The molecule has 7 nitrogen and oxygen atoms in total. The Balaban J connectivity index is 1.53. The van der Waals surface area contributed by atoms with Crippen LogP contribution in [0.4, 0.5) is 11.4 Å². The van der Waals surface area contributed by atoms with E-state index in [0.29, 0.717) is 34.3 Å². The lowest BCUT2D eigenvalue weighted by atomic mass is 10.2. The maximum absolute atomic E-state index is 12.9. The fourth-order valence-corrected chi connectivity index (χ4v) is 4.42. The number of nitrogens with one attached hydrogen (secondary N) is 2. The highest BCUT2D eigenvalue weighted by molar-refractivity contribution is 9.10. The number of rotatable bonds is 6. The first-order valence-corrected chi connectivity index (χ1v) is 11.8. The highest BCUT2D eigenvalue weighted by Crippen LogP contribution is 2.26. The van der Waals surface area contributed by atoms with Gasteiger partial charge in [0, 0.05) is 35.0 Å². The molecule has 0 aliphatic carbocycles. The summed E-state index contributed by atoms with van der Waals surface area (Å²) in [5.74, 6) is -0.257. The summed E-state index contributed by atoms with van der Waals surface area (Å²) in [7, 11) is 1.80. The monoisotopic (exact) mass is 579 g/mol. The fourth-order valence-electron chi connectivity index (χ4n) is 3.32. The number of hydrogen-bond acceptors (Lipinski definition) is 4. The fraction of sp³-hybridized carbons (Fsp3) is 0.0870. The number of hydrogen-bond donors (Lipinski definition) is 2. The van der Waals surface area contributed by atoms with Gasteiger partial charge in [0.05, 0.1) is 22.6 Å². The van der Waals surface area contributed by atoms with Crippen molar-refractivity contribution in [2.45, 2.75) is 6.54 Å². The molecule has 0 bridgehead atoms. The lowest BCUT2D eigenvalue weighted by Crippen LogP contribution is -2.26. The van der Waals surface area contributed by atoms with E-state index in [1.165, 1.54) is 12.3 Å². The average Bonchev–Trinajstić information content (AvgIpc) is 3.23. The molecule has 34 heavy (non-hydrogen) atoms. The second-order valence-electron chi connectivity index (χ2n) is 7.40. The van der Waals surface area contributed by atoms with Crippen molar-refractivity contribution in [1.82, 2.24) is 14.8 Å². The number of halogens is 4. The van der Waals surface area contributed by atoms with Crippen LogP contribution in [-0.2, 0) is 6.54 Å². The van der Waals surface area contributed by atoms with Gasteiger partial charge in [-0.1, -0.05) is 46.9 Å². The Labute approximate surface area is 218 Å². The predicted octanol–water partition coefficient (Wildman–Crippen LogP) is 6.17. The summed E-state index contributed by atoms with van der Waals surface area (Å²) in [6.07, 6.45) is 3.19. The quantitative estimate of drug-likeness (QED) is 0.285. The van der Waals surface area contributed by atoms with Crippen LogP contribution in [0.1, 0.15) is 16.1 Å². The minimum absolute atomic E-state index is 0.00490. The van der Waals surface area contributed by atoms with E-state index in [9.17, 15) is 9.59 Å². The Kier molecular flexibility index (Phi) is 7.33. The summed E-state index contributed by atoms with van der Waals surface area (Å²) >= 11 is 21.9. The minimum atomic E-state index is -0.506. The van der Waals surface area contributed by atoms with E-state index in [1.54, 1.807) is 42.4 Å². The van der Waals surface area contributed by atoms with Crippen LogP contribution >= 0.6 is 50.7 Å². The molecule has 174 valence electrons. The van der Waals surface area contributed by atoms with E-state index in [2.05, 4.69) is 31.3 Å². The highest BCUT2D eigenvalue weighted by Gasteiger charge is 2.16. The number of nitrogens with zero attached hydrogens (tertiary/aromatic N) is 3. The number of carbonyl (C=O) groups is 1. The molecule has 4 aromatic rings. The average molecular weight is 582 g/mol. The molecule has 2 aromatic heterocycles. The van der Waals surface area contributed by atoms with Crippen LogP contribution in [0.25, 0.3) is 5.69 Å². The van der Waals surface area contributed by atoms with Crippen LogP contribution in [0.3, 0.4) is 0 Å². The summed E-state index contributed by atoms with van der Waals surface area (Å²) in [6.45, 7) is 0.421. The third kappa shape index (κ3) is 5.31. The van der Waals surface area contributed by atoms with Crippen LogP contribution in [0.2, 0.25) is 15.1 Å². The predicted molar refractivity (Wildman–Crippen MR) is 140 cm³/mol. The molecule has 2 N–H and O–H groups in total. The van der Waals surface area contributed by atoms with Gasteiger partial charge >= 0.3 is 0 Å². The SMILES string of the molecule is CN(Cc1cccc(NC(=O)c2cc(Br)c[nH]2)c1)c1cnn(-c2ccc(Cl)cc2Cl)c(=O)c1Cl. The molecule has 0 radical (unpaired) electrons. The highest BCUT2D eigenvalue weighted by atomic mass is 79.9. The Morgan fingerprint density at radius 2 is 1.97 bits per heavy atom. The van der Waals surface area contributed by atoms with Crippen molar-refractivity contribution in [3.05, 3.63) is 102 Å². The van der Waals surface area contributed by atoms with Crippen LogP contribution in [-0.4, -0.2) is 27.7 Å². The molecule has 0 spiro atoms. The summed E-state index contributed by atoms with van der Waals surface area (Å²) < 4.78 is 1.92. The van der Waals surface area contributed by atoms with E-state index in [0.717, 1.165) is 14.7 Å². The van der Waals surface area contributed by atoms with Crippen molar-refractivity contribution in [2.24, 2.45) is 0 Å². The van der Waals surface area contributed by atoms with Gasteiger partial charge in [0.1, 0.15) is 10.7 Å². The molecule has 1 amide bonds. The Bertz CT molecular complexity index is 1440. The standard InChI is InChI=1S/C23H17BrCl3N5O2/c1-31(12-13-3-2-4-16(7-13)30-22(33)18-8-14(24)10-28-18)20-11-29-32(23(34)21(20)27)19-6-5-15(25)9-17(19)26/h2-11,28H,12H2,1H3,(H,30,33). The van der Waals surface area contributed by atoms with Crippen molar-refractivity contribution in [2.75, 3.05) is 17.3 Å². The number of benzene rings is 2. The zero-order valence-corrected chi connectivity index (χ0v) is 21.5. The lowest BCUT2D eigenvalue weighted by molar-refractivity contribution is 0.102. The number of H-pyrrole nitrogens is 1. The van der Waals surface area contributed by atoms with Gasteiger partial charge in [-0.2, -0.15) is 9.78 Å². The van der Waals surface area contributed by atoms with Gasteiger partial charge in [0.15, 0.2) is 0 Å². The van der Waals surface area contributed by atoms with E-state index >= 15 is 0 Å². The zero-order valence-electron chi connectivity index (χ0n) is 17.7. The number of carbonyl (C=O) groups excluding carboxylic acids is 1. The minimum Gasteiger partial charge on any atom is -0.368 e. The molecule has 2 aromatic carbocycles. The van der Waals surface area contributed by atoms with Gasteiger partial charge < -0.3 is 15.2 Å². The topological polar surface area (TPSA) is 83.0 Å². The van der Waals surface area contributed by atoms with Crippen LogP contribution in [0.15, 0.2) is 70.2 Å². The van der Waals surface area contributed by atoms with Crippen molar-refractivity contribution in [1.29, 1.82) is 0 Å². The first-order valence-electron chi connectivity index (χ1n) is 9.91. The van der Waals surface area contributed by atoms with Crippen molar-refractivity contribution in [3.63, 3.8) is 0 Å². The zero-order chi connectivity index (χ0) is 24.4. The maximum atomic E-state index is 12.9. The lowest BCUT2D eigenvalue weighted by Gasteiger charge is -2.21. The number of aromatic nitrogens is 3. The largest absolute Gasteiger partial charge is 0.368 e. The van der Waals surface area contributed by atoms with Crippen LogP contribution in [0, 0.1) is 0 Å². The molecule has 0 aliphatic heterocycles. The molecule has 0 saturated carbocycles. The first-order chi connectivity index (χ1) is 16.2. The van der Waals surface area contributed by atoms with Gasteiger partial charge in [-0.25, -0.2) is 0 Å². The third-order valence-electron chi connectivity index (χ3n) is 4.95. The van der Waals surface area contributed by atoms with E-state index < -0.39 is 5.56 Å². The van der Waals surface area contributed by atoms with E-state index in [-0.39, 0.29) is 16.0 Å². The molecule has 0 aliphatic rings. The Morgan fingerprint density at radius 3 is 2.68 bits per heavy atom. The maximum Gasteiger partial charge on any atom is 0.292 e. The van der Waals surface area contributed by atoms with Crippen molar-refractivity contribution in [3.8, 4) is 5.69 Å².